The van der Waals surface area contributed by atoms with Gasteiger partial charge in [-0.25, -0.2) is 9.97 Å². The van der Waals surface area contributed by atoms with Crippen LogP contribution in [-0.2, 0) is 6.42 Å². The number of rotatable bonds is 1. The molecule has 2 aliphatic heterocycles. The molecule has 1 amide bonds. The first kappa shape index (κ1) is 14.3. The highest BCUT2D eigenvalue weighted by Crippen LogP contribution is 2.43. The summed E-state index contributed by atoms with van der Waals surface area (Å²) < 4.78 is 5.75. The molecule has 6 nitrogen and oxygen atoms in total. The summed E-state index contributed by atoms with van der Waals surface area (Å²) in [5.41, 5.74) is 2.27. The standard InChI is InChI=1S/C19H15N3O3/c23-16-8-18(25-17-4-2-1-3-12(16)17)19(24)22-11-5-6-15(22)13-9-20-10-21-14(13)7-11/h1-4,8-11,15H,5-7H2. The molecule has 0 saturated carbocycles. The van der Waals surface area contributed by atoms with E-state index < -0.39 is 0 Å². The average molecular weight is 333 g/mol. The highest BCUT2D eigenvalue weighted by molar-refractivity contribution is 5.94. The largest absolute Gasteiger partial charge is 0.451 e. The molecule has 25 heavy (non-hydrogen) atoms. The number of benzene rings is 1. The zero-order chi connectivity index (χ0) is 17.0. The summed E-state index contributed by atoms with van der Waals surface area (Å²) in [6.45, 7) is 0. The molecule has 1 saturated heterocycles. The molecule has 2 aromatic heterocycles. The van der Waals surface area contributed by atoms with Gasteiger partial charge in [-0.05, 0) is 25.0 Å². The van der Waals surface area contributed by atoms with Gasteiger partial charge in [-0.15, -0.1) is 0 Å². The van der Waals surface area contributed by atoms with Crippen molar-refractivity contribution in [1.29, 1.82) is 0 Å². The van der Waals surface area contributed by atoms with E-state index in [1.807, 2.05) is 4.90 Å². The molecule has 1 fully saturated rings. The fourth-order valence-electron chi connectivity index (χ4n) is 4.07. The van der Waals surface area contributed by atoms with Crippen LogP contribution in [0.5, 0.6) is 0 Å². The van der Waals surface area contributed by atoms with E-state index in [0.717, 1.165) is 30.5 Å². The van der Waals surface area contributed by atoms with Gasteiger partial charge in [0, 0.05) is 30.3 Å². The summed E-state index contributed by atoms with van der Waals surface area (Å²) in [6.07, 6.45) is 5.88. The third-order valence-electron chi connectivity index (χ3n) is 5.20. The Balaban J connectivity index is 1.59. The maximum Gasteiger partial charge on any atom is 0.290 e. The lowest BCUT2D eigenvalue weighted by atomic mass is 9.99. The molecule has 2 aliphatic rings. The van der Waals surface area contributed by atoms with Crippen LogP contribution in [0.2, 0.25) is 0 Å². The quantitative estimate of drug-likeness (QED) is 0.684. The Kier molecular flexibility index (Phi) is 3.00. The summed E-state index contributed by atoms with van der Waals surface area (Å²) >= 11 is 0. The Hall–Kier alpha value is -3.02. The molecule has 5 rings (SSSR count). The Labute approximate surface area is 143 Å². The molecule has 1 aromatic carbocycles. The smallest absolute Gasteiger partial charge is 0.290 e. The minimum atomic E-state index is -0.232. The van der Waals surface area contributed by atoms with Crippen molar-refractivity contribution in [2.24, 2.45) is 0 Å². The third-order valence-corrected chi connectivity index (χ3v) is 5.20. The zero-order valence-electron chi connectivity index (χ0n) is 13.4. The van der Waals surface area contributed by atoms with Crippen molar-refractivity contribution in [2.75, 3.05) is 0 Å². The van der Waals surface area contributed by atoms with Crippen molar-refractivity contribution >= 4 is 16.9 Å². The maximum absolute atomic E-state index is 13.1. The van der Waals surface area contributed by atoms with E-state index in [0.29, 0.717) is 11.0 Å². The van der Waals surface area contributed by atoms with Crippen LogP contribution in [0.15, 0.2) is 52.1 Å². The Bertz CT molecular complexity index is 1060. The number of aromatic nitrogens is 2. The van der Waals surface area contributed by atoms with Crippen LogP contribution >= 0.6 is 0 Å². The van der Waals surface area contributed by atoms with Crippen molar-refractivity contribution in [2.45, 2.75) is 31.3 Å². The first-order valence-corrected chi connectivity index (χ1v) is 8.37. The van der Waals surface area contributed by atoms with Gasteiger partial charge in [0.2, 0.25) is 0 Å². The number of carbonyl (C=O) groups is 1. The van der Waals surface area contributed by atoms with E-state index in [4.69, 9.17) is 4.42 Å². The molecule has 4 heterocycles. The SMILES string of the molecule is O=C(c1cc(=O)c2ccccc2o1)N1C2CCC1c1cncnc1C2. The van der Waals surface area contributed by atoms with Crippen LogP contribution in [0.4, 0.5) is 0 Å². The molecule has 2 bridgehead atoms. The molecule has 0 spiro atoms. The first-order chi connectivity index (χ1) is 12.2. The van der Waals surface area contributed by atoms with Crippen LogP contribution in [0.1, 0.15) is 40.7 Å². The lowest BCUT2D eigenvalue weighted by molar-refractivity contribution is 0.0611. The second kappa shape index (κ2) is 5.24. The number of amides is 1. The predicted molar refractivity (Wildman–Crippen MR) is 90.2 cm³/mol. The lowest BCUT2D eigenvalue weighted by Crippen LogP contribution is -2.42. The second-order valence-electron chi connectivity index (χ2n) is 6.56. The molecule has 2 atom stereocenters. The molecular formula is C19H15N3O3. The number of carbonyl (C=O) groups excluding carboxylic acids is 1. The minimum Gasteiger partial charge on any atom is -0.451 e. The van der Waals surface area contributed by atoms with Gasteiger partial charge in [0.1, 0.15) is 11.9 Å². The zero-order valence-corrected chi connectivity index (χ0v) is 13.4. The van der Waals surface area contributed by atoms with E-state index in [9.17, 15) is 9.59 Å². The predicted octanol–water partition coefficient (Wildman–Crippen LogP) is 2.49. The topological polar surface area (TPSA) is 76.3 Å². The minimum absolute atomic E-state index is 0.0424. The van der Waals surface area contributed by atoms with E-state index in [-0.39, 0.29) is 29.2 Å². The molecular weight excluding hydrogens is 318 g/mol. The number of hydrogen-bond acceptors (Lipinski definition) is 5. The van der Waals surface area contributed by atoms with Gasteiger partial charge < -0.3 is 9.32 Å². The highest BCUT2D eigenvalue weighted by Gasteiger charge is 2.44. The van der Waals surface area contributed by atoms with Crippen molar-refractivity contribution < 1.29 is 9.21 Å². The summed E-state index contributed by atoms with van der Waals surface area (Å²) in [5, 5.41) is 0.486. The van der Waals surface area contributed by atoms with Gasteiger partial charge >= 0.3 is 0 Å². The number of nitrogens with zero attached hydrogens (tertiary/aromatic N) is 3. The van der Waals surface area contributed by atoms with Crippen molar-refractivity contribution in [3.05, 3.63) is 70.1 Å². The van der Waals surface area contributed by atoms with Gasteiger partial charge in [0.05, 0.1) is 17.1 Å². The molecule has 0 N–H and O–H groups in total. The van der Waals surface area contributed by atoms with Crippen molar-refractivity contribution in [3.8, 4) is 0 Å². The van der Waals surface area contributed by atoms with E-state index >= 15 is 0 Å². The fraction of sp³-hybridized carbons (Fsp3) is 0.263. The summed E-state index contributed by atoms with van der Waals surface area (Å²) in [7, 11) is 0. The molecule has 3 aromatic rings. The first-order valence-electron chi connectivity index (χ1n) is 8.37. The molecule has 2 unspecified atom stereocenters. The number of fused-ring (bicyclic) bond motifs is 5. The van der Waals surface area contributed by atoms with Crippen LogP contribution in [0, 0.1) is 0 Å². The van der Waals surface area contributed by atoms with E-state index in [1.165, 1.54) is 6.07 Å². The number of para-hydroxylation sites is 1. The monoisotopic (exact) mass is 333 g/mol. The summed E-state index contributed by atoms with van der Waals surface area (Å²) in [4.78, 5) is 35.8. The van der Waals surface area contributed by atoms with Gasteiger partial charge in [-0.1, -0.05) is 12.1 Å². The summed E-state index contributed by atoms with van der Waals surface area (Å²) in [6, 6.07) is 8.34. The van der Waals surface area contributed by atoms with Crippen molar-refractivity contribution in [1.82, 2.24) is 14.9 Å². The lowest BCUT2D eigenvalue weighted by Gasteiger charge is -2.35. The Morgan fingerprint density at radius 1 is 1.24 bits per heavy atom. The van der Waals surface area contributed by atoms with Gasteiger partial charge in [0.15, 0.2) is 11.2 Å². The third kappa shape index (κ3) is 2.10. The van der Waals surface area contributed by atoms with Crippen LogP contribution in [-0.4, -0.2) is 26.8 Å². The van der Waals surface area contributed by atoms with E-state index in [2.05, 4.69) is 9.97 Å². The highest BCUT2D eigenvalue weighted by atomic mass is 16.3. The molecule has 0 radical (unpaired) electrons. The molecule has 6 heteroatoms. The maximum atomic E-state index is 13.1. The summed E-state index contributed by atoms with van der Waals surface area (Å²) in [5.74, 6) is -0.134. The van der Waals surface area contributed by atoms with Crippen LogP contribution in [0.25, 0.3) is 11.0 Å². The Morgan fingerprint density at radius 3 is 3.04 bits per heavy atom. The molecule has 0 aliphatic carbocycles. The fourth-order valence-corrected chi connectivity index (χ4v) is 4.07. The van der Waals surface area contributed by atoms with Gasteiger partial charge in [-0.3, -0.25) is 9.59 Å². The van der Waals surface area contributed by atoms with Crippen LogP contribution < -0.4 is 5.43 Å². The van der Waals surface area contributed by atoms with Crippen molar-refractivity contribution in [3.63, 3.8) is 0 Å². The van der Waals surface area contributed by atoms with Gasteiger partial charge in [0.25, 0.3) is 5.91 Å². The number of hydrogen-bond donors (Lipinski definition) is 0. The van der Waals surface area contributed by atoms with Gasteiger partial charge in [-0.2, -0.15) is 0 Å². The second-order valence-corrected chi connectivity index (χ2v) is 6.56. The Morgan fingerprint density at radius 2 is 2.12 bits per heavy atom. The average Bonchev–Trinajstić information content (AvgIpc) is 2.96. The van der Waals surface area contributed by atoms with Crippen LogP contribution in [0.3, 0.4) is 0 Å². The normalized spacial score (nSPS) is 21.4. The molecule has 124 valence electrons. The van der Waals surface area contributed by atoms with E-state index in [1.54, 1.807) is 36.8 Å².